The van der Waals surface area contributed by atoms with Crippen molar-refractivity contribution in [2.45, 2.75) is 19.9 Å². The predicted octanol–water partition coefficient (Wildman–Crippen LogP) is 1.95. The molecule has 0 aliphatic rings. The van der Waals surface area contributed by atoms with E-state index >= 15 is 0 Å². The standard InChI is InChI=1S/C13H17NO2/c1-3-7-15-12-6-5-11(10-14)13(9-12)16-8-4-2/h2,5-6,9H,3,7-8,10,14H2,1H3. The normalized spacial score (nSPS) is 9.56. The van der Waals surface area contributed by atoms with Crippen LogP contribution in [0, 0.1) is 12.3 Å². The van der Waals surface area contributed by atoms with Crippen molar-refractivity contribution < 1.29 is 9.47 Å². The summed E-state index contributed by atoms with van der Waals surface area (Å²) in [6.07, 6.45) is 6.12. The Morgan fingerprint density at radius 1 is 1.38 bits per heavy atom. The molecule has 0 saturated heterocycles. The lowest BCUT2D eigenvalue weighted by Gasteiger charge is -2.11. The number of nitrogens with two attached hydrogens (primary N) is 1. The van der Waals surface area contributed by atoms with Crippen LogP contribution in [0.25, 0.3) is 0 Å². The van der Waals surface area contributed by atoms with E-state index in [0.717, 1.165) is 17.7 Å². The van der Waals surface area contributed by atoms with Crippen LogP contribution >= 0.6 is 0 Å². The lowest BCUT2D eigenvalue weighted by Crippen LogP contribution is -2.03. The molecule has 1 aromatic rings. The minimum atomic E-state index is 0.240. The SMILES string of the molecule is C#CCOc1cc(OCCC)ccc1CN. The Bertz CT molecular complexity index is 369. The molecule has 0 bridgehead atoms. The molecule has 0 aliphatic heterocycles. The van der Waals surface area contributed by atoms with Crippen LogP contribution in [-0.4, -0.2) is 13.2 Å². The molecular formula is C13H17NO2. The Hall–Kier alpha value is -1.66. The van der Waals surface area contributed by atoms with Crippen molar-refractivity contribution in [3.63, 3.8) is 0 Å². The number of benzene rings is 1. The molecule has 0 radical (unpaired) electrons. The molecular weight excluding hydrogens is 202 g/mol. The van der Waals surface area contributed by atoms with E-state index in [4.69, 9.17) is 21.6 Å². The maximum Gasteiger partial charge on any atom is 0.148 e. The van der Waals surface area contributed by atoms with E-state index in [-0.39, 0.29) is 6.61 Å². The highest BCUT2D eigenvalue weighted by Gasteiger charge is 2.04. The molecule has 1 rings (SSSR count). The third-order valence-corrected chi connectivity index (χ3v) is 2.04. The van der Waals surface area contributed by atoms with Gasteiger partial charge in [0, 0.05) is 18.2 Å². The first kappa shape index (κ1) is 12.4. The monoisotopic (exact) mass is 219 g/mol. The molecule has 3 heteroatoms. The van der Waals surface area contributed by atoms with Crippen molar-refractivity contribution in [1.82, 2.24) is 0 Å². The molecule has 0 atom stereocenters. The maximum absolute atomic E-state index is 5.60. The number of hydrogen-bond donors (Lipinski definition) is 1. The number of rotatable bonds is 6. The van der Waals surface area contributed by atoms with E-state index in [2.05, 4.69) is 12.8 Å². The average Bonchev–Trinajstić information content (AvgIpc) is 2.33. The summed E-state index contributed by atoms with van der Waals surface area (Å²) < 4.78 is 10.9. The molecule has 0 aromatic heterocycles. The van der Waals surface area contributed by atoms with Crippen LogP contribution < -0.4 is 15.2 Å². The Morgan fingerprint density at radius 3 is 2.81 bits per heavy atom. The summed E-state index contributed by atoms with van der Waals surface area (Å²) >= 11 is 0. The van der Waals surface area contributed by atoms with Gasteiger partial charge in [-0.2, -0.15) is 0 Å². The van der Waals surface area contributed by atoms with Crippen LogP contribution in [0.1, 0.15) is 18.9 Å². The first-order chi connectivity index (χ1) is 7.81. The minimum Gasteiger partial charge on any atom is -0.493 e. The maximum atomic E-state index is 5.60. The minimum absolute atomic E-state index is 0.240. The Kier molecular flexibility index (Phi) is 5.24. The van der Waals surface area contributed by atoms with E-state index in [0.29, 0.717) is 18.9 Å². The fourth-order valence-corrected chi connectivity index (χ4v) is 1.27. The van der Waals surface area contributed by atoms with Crippen molar-refractivity contribution in [3.8, 4) is 23.8 Å². The van der Waals surface area contributed by atoms with Crippen LogP contribution in [-0.2, 0) is 6.54 Å². The van der Waals surface area contributed by atoms with Crippen molar-refractivity contribution in [2.75, 3.05) is 13.2 Å². The van der Waals surface area contributed by atoms with Gasteiger partial charge in [0.1, 0.15) is 18.1 Å². The molecule has 3 nitrogen and oxygen atoms in total. The third kappa shape index (κ3) is 3.48. The third-order valence-electron chi connectivity index (χ3n) is 2.04. The highest BCUT2D eigenvalue weighted by molar-refractivity contribution is 5.40. The first-order valence-corrected chi connectivity index (χ1v) is 5.33. The van der Waals surface area contributed by atoms with Gasteiger partial charge >= 0.3 is 0 Å². The molecule has 2 N–H and O–H groups in total. The predicted molar refractivity (Wildman–Crippen MR) is 64.4 cm³/mol. The van der Waals surface area contributed by atoms with Crippen molar-refractivity contribution in [2.24, 2.45) is 5.73 Å². The molecule has 86 valence electrons. The summed E-state index contributed by atoms with van der Waals surface area (Å²) in [6, 6.07) is 5.62. The zero-order chi connectivity index (χ0) is 11.8. The van der Waals surface area contributed by atoms with Gasteiger partial charge in [-0.3, -0.25) is 0 Å². The van der Waals surface area contributed by atoms with Crippen molar-refractivity contribution >= 4 is 0 Å². The summed E-state index contributed by atoms with van der Waals surface area (Å²) in [5, 5.41) is 0. The van der Waals surface area contributed by atoms with Crippen LogP contribution in [0.5, 0.6) is 11.5 Å². The number of ether oxygens (including phenoxy) is 2. The molecule has 16 heavy (non-hydrogen) atoms. The highest BCUT2D eigenvalue weighted by Crippen LogP contribution is 2.24. The Balaban J connectivity index is 2.79. The molecule has 0 unspecified atom stereocenters. The van der Waals surface area contributed by atoms with E-state index in [1.807, 2.05) is 18.2 Å². The lowest BCUT2D eigenvalue weighted by molar-refractivity contribution is 0.312. The van der Waals surface area contributed by atoms with Gasteiger partial charge in [0.25, 0.3) is 0 Å². The fraction of sp³-hybridized carbons (Fsp3) is 0.385. The van der Waals surface area contributed by atoms with Gasteiger partial charge in [-0.05, 0) is 12.5 Å². The summed E-state index contributed by atoms with van der Waals surface area (Å²) in [5.74, 6) is 3.91. The van der Waals surface area contributed by atoms with Crippen LogP contribution in [0.2, 0.25) is 0 Å². The fourth-order valence-electron chi connectivity index (χ4n) is 1.27. The molecule has 0 aliphatic carbocycles. The van der Waals surface area contributed by atoms with Crippen LogP contribution in [0.4, 0.5) is 0 Å². The van der Waals surface area contributed by atoms with Gasteiger partial charge in [0.2, 0.25) is 0 Å². The molecule has 1 aromatic carbocycles. The van der Waals surface area contributed by atoms with Crippen molar-refractivity contribution in [1.29, 1.82) is 0 Å². The quantitative estimate of drug-likeness (QED) is 0.744. The largest absolute Gasteiger partial charge is 0.493 e. The summed E-state index contributed by atoms with van der Waals surface area (Å²) in [5.41, 5.74) is 6.53. The molecule has 0 amide bonds. The Labute approximate surface area is 96.6 Å². The van der Waals surface area contributed by atoms with Gasteiger partial charge in [-0.15, -0.1) is 6.42 Å². The van der Waals surface area contributed by atoms with E-state index in [9.17, 15) is 0 Å². The summed E-state index contributed by atoms with van der Waals surface area (Å²) in [4.78, 5) is 0. The van der Waals surface area contributed by atoms with Gasteiger partial charge in [-0.1, -0.05) is 18.9 Å². The molecule has 0 saturated carbocycles. The van der Waals surface area contributed by atoms with Gasteiger partial charge in [-0.25, -0.2) is 0 Å². The lowest BCUT2D eigenvalue weighted by atomic mass is 10.2. The second-order valence-corrected chi connectivity index (χ2v) is 3.31. The zero-order valence-electron chi connectivity index (χ0n) is 9.53. The molecule has 0 heterocycles. The average molecular weight is 219 g/mol. The zero-order valence-corrected chi connectivity index (χ0v) is 9.53. The topological polar surface area (TPSA) is 44.5 Å². The van der Waals surface area contributed by atoms with E-state index in [1.165, 1.54) is 0 Å². The molecule has 0 fully saturated rings. The van der Waals surface area contributed by atoms with Crippen LogP contribution in [0.3, 0.4) is 0 Å². The van der Waals surface area contributed by atoms with Gasteiger partial charge < -0.3 is 15.2 Å². The first-order valence-electron chi connectivity index (χ1n) is 5.33. The number of hydrogen-bond acceptors (Lipinski definition) is 3. The van der Waals surface area contributed by atoms with E-state index in [1.54, 1.807) is 0 Å². The second-order valence-electron chi connectivity index (χ2n) is 3.31. The van der Waals surface area contributed by atoms with Crippen molar-refractivity contribution in [3.05, 3.63) is 23.8 Å². The highest BCUT2D eigenvalue weighted by atomic mass is 16.5. The van der Waals surface area contributed by atoms with Crippen LogP contribution in [0.15, 0.2) is 18.2 Å². The summed E-state index contributed by atoms with van der Waals surface area (Å²) in [7, 11) is 0. The molecule has 0 spiro atoms. The van der Waals surface area contributed by atoms with E-state index < -0.39 is 0 Å². The second kappa shape index (κ2) is 6.76. The van der Waals surface area contributed by atoms with Gasteiger partial charge in [0.05, 0.1) is 6.61 Å². The smallest absolute Gasteiger partial charge is 0.148 e. The summed E-state index contributed by atoms with van der Waals surface area (Å²) in [6.45, 7) is 3.42. The Morgan fingerprint density at radius 2 is 2.19 bits per heavy atom. The van der Waals surface area contributed by atoms with Gasteiger partial charge in [0.15, 0.2) is 0 Å². The number of terminal acetylenes is 1.